The summed E-state index contributed by atoms with van der Waals surface area (Å²) in [5.41, 5.74) is 5.82. The van der Waals surface area contributed by atoms with Gasteiger partial charge in [0.2, 0.25) is 0 Å². The van der Waals surface area contributed by atoms with Crippen molar-refractivity contribution in [1.29, 1.82) is 0 Å². The van der Waals surface area contributed by atoms with Gasteiger partial charge in [-0.05, 0) is 55.8 Å². The molecule has 5 aromatic rings. The number of aryl methyl sites for hydroxylation is 2. The Kier molecular flexibility index (Phi) is 6.73. The molecule has 1 N–H and O–H groups in total. The molecule has 8 heteroatoms. The minimum atomic E-state index is -0.820. The van der Waals surface area contributed by atoms with Crippen molar-refractivity contribution in [2.75, 3.05) is 7.11 Å². The van der Waals surface area contributed by atoms with E-state index >= 15 is 0 Å². The zero-order valence-corrected chi connectivity index (χ0v) is 22.8. The molecule has 1 atom stereocenters. The molecule has 6 rings (SSSR count). The fraction of sp³-hybridized carbons (Fsp3) is 0.121. The van der Waals surface area contributed by atoms with Crippen molar-refractivity contribution in [3.05, 3.63) is 142 Å². The Morgan fingerprint density at radius 1 is 0.805 bits per heavy atom. The van der Waals surface area contributed by atoms with Crippen molar-refractivity contribution in [3.63, 3.8) is 0 Å². The molecule has 1 aliphatic heterocycles. The Hall–Kier alpha value is -5.37. The number of nitrogens with zero attached hydrogens (tertiary/aromatic N) is 4. The average molecular weight is 542 g/mol. The SMILES string of the molecule is COc1ccc(C2=NC(NC(=O)c3ccc(C(=O)c4ccccc4)cc3)c3nnc(C)n3-c3ccccc32)cc1C. The molecular weight excluding hydrogens is 514 g/mol. The molecule has 0 spiro atoms. The zero-order valence-electron chi connectivity index (χ0n) is 22.8. The van der Waals surface area contributed by atoms with E-state index in [1.807, 2.05) is 79.1 Å². The number of carbonyl (C=O) groups excluding carboxylic acids is 2. The average Bonchev–Trinajstić information content (AvgIpc) is 3.33. The second kappa shape index (κ2) is 10.7. The molecule has 1 aliphatic rings. The van der Waals surface area contributed by atoms with Crippen LogP contribution in [0.25, 0.3) is 5.69 Å². The number of para-hydroxylation sites is 1. The van der Waals surface area contributed by atoms with Crippen LogP contribution >= 0.6 is 0 Å². The van der Waals surface area contributed by atoms with Gasteiger partial charge in [0.05, 0.1) is 18.5 Å². The zero-order chi connectivity index (χ0) is 28.5. The summed E-state index contributed by atoms with van der Waals surface area (Å²) in [5.74, 6) is 1.51. The van der Waals surface area contributed by atoms with Crippen LogP contribution in [0.4, 0.5) is 0 Å². The van der Waals surface area contributed by atoms with Crippen molar-refractivity contribution in [2.24, 2.45) is 4.99 Å². The molecule has 0 saturated heterocycles. The third-order valence-electron chi connectivity index (χ3n) is 7.13. The Labute approximate surface area is 237 Å². The molecule has 1 unspecified atom stereocenters. The lowest BCUT2D eigenvalue weighted by Gasteiger charge is -2.15. The summed E-state index contributed by atoms with van der Waals surface area (Å²) in [6, 6.07) is 29.5. The maximum atomic E-state index is 13.5. The molecule has 0 fully saturated rings. The number of nitrogens with one attached hydrogen (secondary N) is 1. The predicted octanol–water partition coefficient (Wildman–Crippen LogP) is 5.40. The van der Waals surface area contributed by atoms with Gasteiger partial charge in [-0.1, -0.05) is 60.7 Å². The van der Waals surface area contributed by atoms with Crippen LogP contribution in [0.2, 0.25) is 0 Å². The summed E-state index contributed by atoms with van der Waals surface area (Å²) >= 11 is 0. The summed E-state index contributed by atoms with van der Waals surface area (Å²) in [6.07, 6.45) is -0.820. The first-order chi connectivity index (χ1) is 19.9. The maximum Gasteiger partial charge on any atom is 0.253 e. The van der Waals surface area contributed by atoms with Gasteiger partial charge in [-0.15, -0.1) is 10.2 Å². The number of hydrogen-bond acceptors (Lipinski definition) is 6. The molecule has 8 nitrogen and oxygen atoms in total. The smallest absolute Gasteiger partial charge is 0.253 e. The van der Waals surface area contributed by atoms with Crippen LogP contribution in [0.15, 0.2) is 102 Å². The summed E-state index contributed by atoms with van der Waals surface area (Å²) < 4.78 is 7.39. The number of hydrogen-bond donors (Lipinski definition) is 1. The van der Waals surface area contributed by atoms with Crippen molar-refractivity contribution in [1.82, 2.24) is 20.1 Å². The summed E-state index contributed by atoms with van der Waals surface area (Å²) in [4.78, 5) is 31.4. The van der Waals surface area contributed by atoms with Crippen molar-refractivity contribution >= 4 is 17.4 Å². The number of carbonyl (C=O) groups is 2. The second-order valence-electron chi connectivity index (χ2n) is 9.77. The standard InChI is InChI=1S/C33H27N5O3/c1-20-19-25(17-18-28(20)41-3)29-26-11-7-8-12-27(26)38-21(2)36-37-32(38)31(34-29)35-33(40)24-15-13-23(14-16-24)30(39)22-9-5-4-6-10-22/h4-19,31H,1-3H3,(H,35,40). The number of rotatable bonds is 6. The van der Waals surface area contributed by atoms with Crippen molar-refractivity contribution < 1.29 is 14.3 Å². The van der Waals surface area contributed by atoms with Crippen LogP contribution in [-0.4, -0.2) is 39.3 Å². The Morgan fingerprint density at radius 3 is 2.22 bits per heavy atom. The molecule has 0 saturated carbocycles. The number of aromatic nitrogens is 3. The monoisotopic (exact) mass is 541 g/mol. The maximum absolute atomic E-state index is 13.5. The highest BCUT2D eigenvalue weighted by Crippen LogP contribution is 2.31. The van der Waals surface area contributed by atoms with E-state index in [1.165, 1.54) is 0 Å². The lowest BCUT2D eigenvalue weighted by molar-refractivity contribution is 0.0935. The van der Waals surface area contributed by atoms with Gasteiger partial charge >= 0.3 is 0 Å². The third-order valence-corrected chi connectivity index (χ3v) is 7.13. The van der Waals surface area contributed by atoms with E-state index in [1.54, 1.807) is 43.5 Å². The summed E-state index contributed by atoms with van der Waals surface area (Å²) in [5, 5.41) is 11.8. The Bertz CT molecular complexity index is 1810. The lowest BCUT2D eigenvalue weighted by atomic mass is 9.98. The first-order valence-corrected chi connectivity index (χ1v) is 13.2. The van der Waals surface area contributed by atoms with E-state index in [4.69, 9.17) is 9.73 Å². The third kappa shape index (κ3) is 4.80. The van der Waals surface area contributed by atoms with E-state index in [-0.39, 0.29) is 11.7 Å². The highest BCUT2D eigenvalue weighted by Gasteiger charge is 2.29. The largest absolute Gasteiger partial charge is 0.496 e. The van der Waals surface area contributed by atoms with Crippen molar-refractivity contribution in [3.8, 4) is 11.4 Å². The molecule has 4 aromatic carbocycles. The lowest BCUT2D eigenvalue weighted by Crippen LogP contribution is -2.29. The van der Waals surface area contributed by atoms with Gasteiger partial charge in [0.1, 0.15) is 11.6 Å². The van der Waals surface area contributed by atoms with E-state index in [0.717, 1.165) is 28.1 Å². The number of benzene rings is 4. The normalized spacial score (nSPS) is 13.8. The van der Waals surface area contributed by atoms with Gasteiger partial charge in [-0.3, -0.25) is 19.1 Å². The molecule has 202 valence electrons. The summed E-state index contributed by atoms with van der Waals surface area (Å²) in [6.45, 7) is 3.85. The number of amides is 1. The topological polar surface area (TPSA) is 98.5 Å². The highest BCUT2D eigenvalue weighted by molar-refractivity contribution is 6.15. The van der Waals surface area contributed by atoms with E-state index in [0.29, 0.717) is 34.1 Å². The van der Waals surface area contributed by atoms with Crippen LogP contribution < -0.4 is 10.1 Å². The van der Waals surface area contributed by atoms with Crippen LogP contribution in [0.3, 0.4) is 0 Å². The van der Waals surface area contributed by atoms with Gasteiger partial charge in [0.25, 0.3) is 5.91 Å². The minimum Gasteiger partial charge on any atom is -0.496 e. The van der Waals surface area contributed by atoms with E-state index in [9.17, 15) is 9.59 Å². The fourth-order valence-electron chi connectivity index (χ4n) is 5.07. The van der Waals surface area contributed by atoms with Gasteiger partial charge in [-0.25, -0.2) is 0 Å². The number of ether oxygens (including phenoxy) is 1. The molecule has 0 bridgehead atoms. The summed E-state index contributed by atoms with van der Waals surface area (Å²) in [7, 11) is 1.64. The van der Waals surface area contributed by atoms with Crippen molar-refractivity contribution in [2.45, 2.75) is 20.0 Å². The van der Waals surface area contributed by atoms with E-state index < -0.39 is 6.17 Å². The van der Waals surface area contributed by atoms with Crippen LogP contribution in [-0.2, 0) is 0 Å². The minimum absolute atomic E-state index is 0.105. The highest BCUT2D eigenvalue weighted by atomic mass is 16.5. The molecular formula is C33H27N5O3. The Morgan fingerprint density at radius 2 is 1.49 bits per heavy atom. The number of methoxy groups -OCH3 is 1. The number of aliphatic imine (C=N–C) groups is 1. The van der Waals surface area contributed by atoms with Gasteiger partial charge in [0.15, 0.2) is 17.8 Å². The van der Waals surface area contributed by atoms with Gasteiger partial charge < -0.3 is 10.1 Å². The molecule has 1 amide bonds. The fourth-order valence-corrected chi connectivity index (χ4v) is 5.07. The number of fused-ring (bicyclic) bond motifs is 3. The Balaban J connectivity index is 1.38. The van der Waals surface area contributed by atoms with Gasteiger partial charge in [-0.2, -0.15) is 0 Å². The molecule has 41 heavy (non-hydrogen) atoms. The molecule has 1 aromatic heterocycles. The van der Waals surface area contributed by atoms with Crippen LogP contribution in [0.1, 0.15) is 60.8 Å². The first-order valence-electron chi connectivity index (χ1n) is 13.2. The molecule has 2 heterocycles. The van der Waals surface area contributed by atoms with Gasteiger partial charge in [0, 0.05) is 27.8 Å². The quantitative estimate of drug-likeness (QED) is 0.290. The van der Waals surface area contributed by atoms with E-state index in [2.05, 4.69) is 15.5 Å². The van der Waals surface area contributed by atoms with Crippen LogP contribution in [0.5, 0.6) is 5.75 Å². The predicted molar refractivity (Wildman–Crippen MR) is 156 cm³/mol. The van der Waals surface area contributed by atoms with Crippen LogP contribution in [0, 0.1) is 13.8 Å². The number of ketones is 1. The molecule has 0 aliphatic carbocycles. The molecule has 0 radical (unpaired) electrons. The second-order valence-corrected chi connectivity index (χ2v) is 9.77. The first kappa shape index (κ1) is 25.9.